The van der Waals surface area contributed by atoms with Crippen LogP contribution in [0.15, 0.2) is 29.2 Å². The molecule has 2 atom stereocenters. The molecule has 1 amide bonds. The molecule has 2 aliphatic rings. The van der Waals surface area contributed by atoms with Crippen LogP contribution in [0.25, 0.3) is 0 Å². The maximum atomic E-state index is 12.9. The van der Waals surface area contributed by atoms with E-state index in [2.05, 4.69) is 10.0 Å². The third kappa shape index (κ3) is 3.76. The smallest absolute Gasteiger partial charge is 0.240 e. The van der Waals surface area contributed by atoms with Gasteiger partial charge in [0.15, 0.2) is 0 Å². The first-order valence-corrected chi connectivity index (χ1v) is 9.73. The molecule has 3 rings (SSSR count). The standard InChI is InChI=1S/C16H22FN3O3S/c17-12-1-5-15(6-2-12)24(22,23)19-10-8-16(21)20-13-3-4-14(20)11-18-9-7-13/h1-2,5-6,13-14,18-19H,3-4,7-11H2. The second-order valence-electron chi connectivity index (χ2n) is 6.28. The number of rotatable bonds is 5. The Morgan fingerprint density at radius 2 is 1.92 bits per heavy atom. The molecule has 2 heterocycles. The van der Waals surface area contributed by atoms with Gasteiger partial charge in [-0.15, -0.1) is 0 Å². The van der Waals surface area contributed by atoms with Crippen molar-refractivity contribution in [2.45, 2.75) is 42.7 Å². The molecular formula is C16H22FN3O3S. The van der Waals surface area contributed by atoms with Gasteiger partial charge in [-0.05, 0) is 50.1 Å². The molecule has 1 aromatic rings. The fourth-order valence-electron chi connectivity index (χ4n) is 3.51. The molecule has 0 aliphatic carbocycles. The van der Waals surface area contributed by atoms with E-state index in [0.717, 1.165) is 44.5 Å². The number of nitrogens with one attached hydrogen (secondary N) is 2. The van der Waals surface area contributed by atoms with E-state index < -0.39 is 15.8 Å². The molecule has 2 saturated heterocycles. The summed E-state index contributed by atoms with van der Waals surface area (Å²) in [4.78, 5) is 14.4. The lowest BCUT2D eigenvalue weighted by atomic mass is 10.1. The predicted molar refractivity (Wildman–Crippen MR) is 87.3 cm³/mol. The summed E-state index contributed by atoms with van der Waals surface area (Å²) < 4.78 is 39.6. The monoisotopic (exact) mass is 355 g/mol. The number of halogens is 1. The van der Waals surface area contributed by atoms with Gasteiger partial charge in [-0.3, -0.25) is 4.79 Å². The van der Waals surface area contributed by atoms with Crippen molar-refractivity contribution < 1.29 is 17.6 Å². The number of carbonyl (C=O) groups excluding carboxylic acids is 1. The normalized spacial score (nSPS) is 24.0. The number of hydrogen-bond acceptors (Lipinski definition) is 4. The molecule has 6 nitrogen and oxygen atoms in total. The highest BCUT2D eigenvalue weighted by atomic mass is 32.2. The number of nitrogens with zero attached hydrogens (tertiary/aromatic N) is 1. The van der Waals surface area contributed by atoms with Crippen LogP contribution in [0.3, 0.4) is 0 Å². The number of sulfonamides is 1. The largest absolute Gasteiger partial charge is 0.335 e. The molecule has 0 aromatic heterocycles. The topological polar surface area (TPSA) is 78.5 Å². The fourth-order valence-corrected chi connectivity index (χ4v) is 4.54. The Morgan fingerprint density at radius 1 is 1.21 bits per heavy atom. The summed E-state index contributed by atoms with van der Waals surface area (Å²) in [5.41, 5.74) is 0. The Balaban J connectivity index is 1.56. The fraction of sp³-hybridized carbons (Fsp3) is 0.562. The maximum Gasteiger partial charge on any atom is 0.240 e. The lowest BCUT2D eigenvalue weighted by Crippen LogP contribution is -2.43. The van der Waals surface area contributed by atoms with E-state index >= 15 is 0 Å². The summed E-state index contributed by atoms with van der Waals surface area (Å²) in [6.07, 6.45) is 3.11. The van der Waals surface area contributed by atoms with Crippen LogP contribution in [-0.4, -0.2) is 50.9 Å². The van der Waals surface area contributed by atoms with Crippen molar-refractivity contribution in [1.82, 2.24) is 14.9 Å². The summed E-state index contributed by atoms with van der Waals surface area (Å²) in [5, 5.41) is 3.33. The average Bonchev–Trinajstić information content (AvgIpc) is 2.80. The molecule has 2 unspecified atom stereocenters. The van der Waals surface area contributed by atoms with Crippen molar-refractivity contribution in [1.29, 1.82) is 0 Å². The van der Waals surface area contributed by atoms with Gasteiger partial charge in [-0.25, -0.2) is 17.5 Å². The minimum absolute atomic E-state index is 0.00427. The first-order valence-electron chi connectivity index (χ1n) is 8.24. The zero-order chi connectivity index (χ0) is 17.2. The molecule has 2 fully saturated rings. The highest BCUT2D eigenvalue weighted by molar-refractivity contribution is 7.89. The van der Waals surface area contributed by atoms with E-state index in [1.54, 1.807) is 0 Å². The summed E-state index contributed by atoms with van der Waals surface area (Å²) in [5.74, 6) is -0.498. The van der Waals surface area contributed by atoms with Crippen LogP contribution >= 0.6 is 0 Å². The van der Waals surface area contributed by atoms with E-state index in [1.165, 1.54) is 12.1 Å². The van der Waals surface area contributed by atoms with E-state index in [4.69, 9.17) is 0 Å². The first-order chi connectivity index (χ1) is 11.5. The van der Waals surface area contributed by atoms with Gasteiger partial charge in [-0.1, -0.05) is 0 Å². The van der Waals surface area contributed by atoms with Crippen molar-refractivity contribution in [2.75, 3.05) is 19.6 Å². The van der Waals surface area contributed by atoms with Gasteiger partial charge < -0.3 is 10.2 Å². The van der Waals surface area contributed by atoms with Gasteiger partial charge in [0, 0.05) is 31.6 Å². The Bertz CT molecular complexity index is 679. The molecule has 1 aromatic carbocycles. The minimum atomic E-state index is -3.72. The summed E-state index contributed by atoms with van der Waals surface area (Å²) in [6, 6.07) is 5.11. The zero-order valence-corrected chi connectivity index (χ0v) is 14.2. The van der Waals surface area contributed by atoms with Gasteiger partial charge in [0.1, 0.15) is 5.82 Å². The van der Waals surface area contributed by atoms with Crippen LogP contribution in [0.1, 0.15) is 25.7 Å². The van der Waals surface area contributed by atoms with Crippen molar-refractivity contribution >= 4 is 15.9 Å². The van der Waals surface area contributed by atoms with Gasteiger partial charge in [0.2, 0.25) is 15.9 Å². The molecular weight excluding hydrogens is 333 g/mol. The number of hydrogen-bond donors (Lipinski definition) is 2. The molecule has 2 bridgehead atoms. The predicted octanol–water partition coefficient (Wildman–Crippen LogP) is 0.847. The lowest BCUT2D eigenvalue weighted by Gasteiger charge is -2.28. The van der Waals surface area contributed by atoms with Crippen LogP contribution in [-0.2, 0) is 14.8 Å². The third-order valence-corrected chi connectivity index (χ3v) is 6.17. The van der Waals surface area contributed by atoms with Gasteiger partial charge in [0.25, 0.3) is 0 Å². The molecule has 8 heteroatoms. The molecule has 2 N–H and O–H groups in total. The van der Waals surface area contributed by atoms with Gasteiger partial charge in [0.05, 0.1) is 4.90 Å². The summed E-state index contributed by atoms with van der Waals surface area (Å²) in [6.45, 7) is 1.77. The Morgan fingerprint density at radius 3 is 2.67 bits per heavy atom. The molecule has 0 radical (unpaired) electrons. The SMILES string of the molecule is O=C(CCNS(=O)(=O)c1ccc(F)cc1)N1C2CCNCC1CC2. The van der Waals surface area contributed by atoms with Crippen LogP contribution < -0.4 is 10.0 Å². The highest BCUT2D eigenvalue weighted by Crippen LogP contribution is 2.28. The Hall–Kier alpha value is -1.51. The van der Waals surface area contributed by atoms with Crippen LogP contribution in [0.2, 0.25) is 0 Å². The summed E-state index contributed by atoms with van der Waals surface area (Å²) >= 11 is 0. The van der Waals surface area contributed by atoms with Crippen molar-refractivity contribution in [3.63, 3.8) is 0 Å². The average molecular weight is 355 g/mol. The molecule has 2 aliphatic heterocycles. The molecule has 0 saturated carbocycles. The van der Waals surface area contributed by atoms with E-state index in [-0.39, 0.29) is 35.9 Å². The Labute approximate surface area is 141 Å². The first kappa shape index (κ1) is 17.3. The van der Waals surface area contributed by atoms with Gasteiger partial charge >= 0.3 is 0 Å². The number of carbonyl (C=O) groups is 1. The van der Waals surface area contributed by atoms with E-state index in [0.29, 0.717) is 0 Å². The highest BCUT2D eigenvalue weighted by Gasteiger charge is 2.37. The van der Waals surface area contributed by atoms with E-state index in [1.807, 2.05) is 4.90 Å². The number of benzene rings is 1. The zero-order valence-electron chi connectivity index (χ0n) is 13.4. The molecule has 132 valence electrons. The van der Waals surface area contributed by atoms with Crippen molar-refractivity contribution in [2.24, 2.45) is 0 Å². The third-order valence-electron chi connectivity index (χ3n) is 4.70. The quantitative estimate of drug-likeness (QED) is 0.821. The second-order valence-corrected chi connectivity index (χ2v) is 8.05. The molecule has 24 heavy (non-hydrogen) atoms. The lowest BCUT2D eigenvalue weighted by molar-refractivity contribution is -0.133. The second kappa shape index (κ2) is 7.16. The maximum absolute atomic E-state index is 12.9. The van der Waals surface area contributed by atoms with Crippen molar-refractivity contribution in [3.8, 4) is 0 Å². The summed E-state index contributed by atoms with van der Waals surface area (Å²) in [7, 11) is -3.72. The Kier molecular flexibility index (Phi) is 5.17. The number of amides is 1. The van der Waals surface area contributed by atoms with Crippen molar-refractivity contribution in [3.05, 3.63) is 30.1 Å². The minimum Gasteiger partial charge on any atom is -0.335 e. The van der Waals surface area contributed by atoms with Crippen LogP contribution in [0.4, 0.5) is 4.39 Å². The number of fused-ring (bicyclic) bond motifs is 2. The molecule has 0 spiro atoms. The van der Waals surface area contributed by atoms with E-state index in [9.17, 15) is 17.6 Å². The van der Waals surface area contributed by atoms with Gasteiger partial charge in [-0.2, -0.15) is 0 Å². The van der Waals surface area contributed by atoms with Crippen LogP contribution in [0.5, 0.6) is 0 Å². The van der Waals surface area contributed by atoms with Crippen LogP contribution in [0, 0.1) is 5.82 Å².